The van der Waals surface area contributed by atoms with Crippen LogP contribution in [0.25, 0.3) is 17.0 Å². The van der Waals surface area contributed by atoms with E-state index in [1.807, 2.05) is 42.5 Å². The lowest BCUT2D eigenvalue weighted by Gasteiger charge is -2.24. The summed E-state index contributed by atoms with van der Waals surface area (Å²) >= 11 is 1.27. The molecular weight excluding hydrogens is 525 g/mol. The summed E-state index contributed by atoms with van der Waals surface area (Å²) in [4.78, 5) is 32.1. The van der Waals surface area contributed by atoms with Crippen LogP contribution in [0.3, 0.4) is 0 Å². The molecule has 0 spiro atoms. The number of nitrogens with zero attached hydrogens (tertiary/aromatic N) is 3. The standard InChI is InChI=1S/C32H26FN3O3S/c1-3-39-31(38)28-20(2)34-32-36(29(28)22-13-15-24(33)16-14-22)30(37)27(40-32)17-23-19-35(18-21-9-5-4-6-10-21)26-12-8-7-11-25(23)26/h4-17,19,29H,3,18H2,1-2H3/b27-17-/t29-/m1/s1. The van der Waals surface area contributed by atoms with Crippen LogP contribution >= 0.6 is 11.3 Å². The monoisotopic (exact) mass is 551 g/mol. The second kappa shape index (κ2) is 10.5. The van der Waals surface area contributed by atoms with Gasteiger partial charge in [0.25, 0.3) is 5.56 Å². The number of hydrogen-bond acceptors (Lipinski definition) is 5. The Labute approximate surface area is 233 Å². The molecule has 2 aromatic heterocycles. The van der Waals surface area contributed by atoms with Crippen LogP contribution in [-0.2, 0) is 16.1 Å². The first kappa shape index (κ1) is 25.7. The molecule has 1 aliphatic rings. The molecule has 40 heavy (non-hydrogen) atoms. The molecule has 0 radical (unpaired) electrons. The largest absolute Gasteiger partial charge is 0.463 e. The highest BCUT2D eigenvalue weighted by molar-refractivity contribution is 7.07. The van der Waals surface area contributed by atoms with Gasteiger partial charge in [0.05, 0.1) is 28.5 Å². The van der Waals surface area contributed by atoms with Gasteiger partial charge in [-0.05, 0) is 49.2 Å². The molecule has 0 saturated carbocycles. The maximum atomic E-state index is 14.0. The van der Waals surface area contributed by atoms with Crippen molar-refractivity contribution in [3.05, 3.63) is 139 Å². The highest BCUT2D eigenvalue weighted by atomic mass is 32.1. The fraction of sp³-hybridized carbons (Fsp3) is 0.156. The van der Waals surface area contributed by atoms with Crippen LogP contribution in [0.1, 0.15) is 36.6 Å². The average Bonchev–Trinajstić information content (AvgIpc) is 3.45. The minimum Gasteiger partial charge on any atom is -0.463 e. The van der Waals surface area contributed by atoms with Crippen molar-refractivity contribution in [3.8, 4) is 0 Å². The van der Waals surface area contributed by atoms with E-state index in [4.69, 9.17) is 4.74 Å². The van der Waals surface area contributed by atoms with Crippen molar-refractivity contribution >= 4 is 34.3 Å². The number of aromatic nitrogens is 2. The first-order valence-electron chi connectivity index (χ1n) is 13.0. The zero-order valence-electron chi connectivity index (χ0n) is 22.0. The third-order valence-electron chi connectivity index (χ3n) is 7.00. The number of fused-ring (bicyclic) bond motifs is 2. The Morgan fingerprint density at radius 2 is 1.77 bits per heavy atom. The smallest absolute Gasteiger partial charge is 0.338 e. The van der Waals surface area contributed by atoms with Gasteiger partial charge in [0.15, 0.2) is 4.80 Å². The number of carbonyl (C=O) groups excluding carboxylic acids is 1. The minimum absolute atomic E-state index is 0.184. The second-order valence-electron chi connectivity index (χ2n) is 9.57. The van der Waals surface area contributed by atoms with E-state index in [2.05, 4.69) is 34.0 Å². The van der Waals surface area contributed by atoms with Crippen LogP contribution in [0.4, 0.5) is 4.39 Å². The lowest BCUT2D eigenvalue weighted by Crippen LogP contribution is -2.39. The molecule has 3 aromatic carbocycles. The summed E-state index contributed by atoms with van der Waals surface area (Å²) in [7, 11) is 0. The van der Waals surface area contributed by atoms with E-state index in [0.29, 0.717) is 27.1 Å². The zero-order chi connectivity index (χ0) is 27.8. The van der Waals surface area contributed by atoms with Gasteiger partial charge in [-0.1, -0.05) is 72.0 Å². The number of allylic oxidation sites excluding steroid dienone is 1. The van der Waals surface area contributed by atoms with Crippen molar-refractivity contribution in [3.63, 3.8) is 0 Å². The quantitative estimate of drug-likeness (QED) is 0.281. The van der Waals surface area contributed by atoms with E-state index in [9.17, 15) is 14.0 Å². The first-order valence-corrected chi connectivity index (χ1v) is 13.8. The van der Waals surface area contributed by atoms with E-state index in [-0.39, 0.29) is 17.7 Å². The molecule has 0 amide bonds. The van der Waals surface area contributed by atoms with Gasteiger partial charge in [0, 0.05) is 29.2 Å². The van der Waals surface area contributed by atoms with Gasteiger partial charge in [0.1, 0.15) is 5.82 Å². The molecule has 0 unspecified atom stereocenters. The van der Waals surface area contributed by atoms with Crippen molar-refractivity contribution in [1.82, 2.24) is 9.13 Å². The Morgan fingerprint density at radius 3 is 2.52 bits per heavy atom. The third kappa shape index (κ3) is 4.60. The van der Waals surface area contributed by atoms with Crippen molar-refractivity contribution in [1.29, 1.82) is 0 Å². The topological polar surface area (TPSA) is 65.6 Å². The molecule has 0 fully saturated rings. The molecule has 6 nitrogen and oxygen atoms in total. The minimum atomic E-state index is -0.780. The number of thiazole rings is 1. The SMILES string of the molecule is CCOC(=O)C1=C(C)N=c2s/c(=C\c3cn(Cc4ccccc4)c4ccccc34)c(=O)n2[C@@H]1c1ccc(F)cc1. The average molecular weight is 552 g/mol. The third-order valence-corrected chi connectivity index (χ3v) is 7.99. The van der Waals surface area contributed by atoms with Crippen LogP contribution in [0.5, 0.6) is 0 Å². The van der Waals surface area contributed by atoms with Gasteiger partial charge in [-0.3, -0.25) is 9.36 Å². The molecule has 1 atom stereocenters. The summed E-state index contributed by atoms with van der Waals surface area (Å²) in [6.45, 7) is 4.34. The fourth-order valence-electron chi connectivity index (χ4n) is 5.19. The molecular formula is C32H26FN3O3S. The molecule has 0 saturated heterocycles. The maximum Gasteiger partial charge on any atom is 0.338 e. The Hall–Kier alpha value is -4.56. The predicted molar refractivity (Wildman–Crippen MR) is 154 cm³/mol. The molecule has 1 aliphatic heterocycles. The van der Waals surface area contributed by atoms with Crippen molar-refractivity contribution in [2.75, 3.05) is 6.61 Å². The Morgan fingerprint density at radius 1 is 1.05 bits per heavy atom. The van der Waals surface area contributed by atoms with E-state index >= 15 is 0 Å². The second-order valence-corrected chi connectivity index (χ2v) is 10.6. The number of para-hydroxylation sites is 1. The summed E-state index contributed by atoms with van der Waals surface area (Å²) in [5.41, 5.74) is 4.23. The normalized spacial score (nSPS) is 15.3. The number of hydrogen-bond donors (Lipinski definition) is 0. The number of halogens is 1. The van der Waals surface area contributed by atoms with Crippen molar-refractivity contribution < 1.29 is 13.9 Å². The highest BCUT2D eigenvalue weighted by Gasteiger charge is 2.33. The zero-order valence-corrected chi connectivity index (χ0v) is 22.8. The van der Waals surface area contributed by atoms with E-state index in [0.717, 1.165) is 16.5 Å². The number of carbonyl (C=O) groups is 1. The Bertz CT molecular complexity index is 1950. The Kier molecular flexibility index (Phi) is 6.77. The van der Waals surface area contributed by atoms with Crippen LogP contribution in [0.15, 0.2) is 106 Å². The molecule has 8 heteroatoms. The molecule has 0 N–H and O–H groups in total. The van der Waals surface area contributed by atoms with E-state index < -0.39 is 17.8 Å². The number of esters is 1. The predicted octanol–water partition coefficient (Wildman–Crippen LogP) is 4.94. The summed E-state index contributed by atoms with van der Waals surface area (Å²) < 4.78 is 23.3. The molecule has 0 aliphatic carbocycles. The summed E-state index contributed by atoms with van der Waals surface area (Å²) in [6, 6.07) is 23.4. The lowest BCUT2D eigenvalue weighted by molar-refractivity contribution is -0.139. The number of benzene rings is 3. The van der Waals surface area contributed by atoms with Gasteiger partial charge in [0.2, 0.25) is 0 Å². The van der Waals surface area contributed by atoms with E-state index in [1.54, 1.807) is 26.0 Å². The number of rotatable bonds is 6. The molecule has 3 heterocycles. The van der Waals surface area contributed by atoms with Crippen LogP contribution in [0.2, 0.25) is 0 Å². The van der Waals surface area contributed by atoms with Gasteiger partial charge >= 0.3 is 5.97 Å². The first-order chi connectivity index (χ1) is 19.4. The van der Waals surface area contributed by atoms with Crippen LogP contribution in [0, 0.1) is 5.82 Å². The van der Waals surface area contributed by atoms with Gasteiger partial charge in [-0.25, -0.2) is 14.2 Å². The molecule has 200 valence electrons. The van der Waals surface area contributed by atoms with Crippen molar-refractivity contribution in [2.45, 2.75) is 26.4 Å². The number of ether oxygens (including phenoxy) is 1. The highest BCUT2D eigenvalue weighted by Crippen LogP contribution is 2.31. The molecule has 0 bridgehead atoms. The maximum absolute atomic E-state index is 14.0. The van der Waals surface area contributed by atoms with Crippen LogP contribution < -0.4 is 14.9 Å². The summed E-state index contributed by atoms with van der Waals surface area (Å²) in [5.74, 6) is -0.947. The lowest BCUT2D eigenvalue weighted by atomic mass is 9.96. The van der Waals surface area contributed by atoms with E-state index in [1.165, 1.54) is 33.6 Å². The molecule has 5 aromatic rings. The summed E-state index contributed by atoms with van der Waals surface area (Å²) in [5, 5.41) is 1.03. The molecule has 6 rings (SSSR count). The van der Waals surface area contributed by atoms with Crippen LogP contribution in [-0.4, -0.2) is 21.7 Å². The fourth-order valence-corrected chi connectivity index (χ4v) is 6.23. The van der Waals surface area contributed by atoms with Gasteiger partial charge < -0.3 is 9.30 Å². The van der Waals surface area contributed by atoms with Crippen molar-refractivity contribution in [2.24, 2.45) is 4.99 Å². The van der Waals surface area contributed by atoms with Gasteiger partial charge in [-0.15, -0.1) is 0 Å². The Balaban J connectivity index is 1.52. The summed E-state index contributed by atoms with van der Waals surface area (Å²) in [6.07, 6.45) is 3.95. The van der Waals surface area contributed by atoms with Gasteiger partial charge in [-0.2, -0.15) is 0 Å².